The second-order valence-electron chi connectivity index (χ2n) is 4.38. The van der Waals surface area contributed by atoms with Crippen LogP contribution in [0, 0.1) is 0 Å². The molecule has 1 heterocycles. The summed E-state index contributed by atoms with van der Waals surface area (Å²) in [4.78, 5) is 2.44. The first-order chi connectivity index (χ1) is 8.22. The Morgan fingerprint density at radius 3 is 2.56 bits per heavy atom. The van der Waals surface area contributed by atoms with Crippen LogP contribution in [0.25, 0.3) is 0 Å². The molecular formula is C10H18BrN3O3S. The highest BCUT2D eigenvalue weighted by molar-refractivity contribution is 9.10. The van der Waals surface area contributed by atoms with Gasteiger partial charge in [-0.3, -0.25) is 0 Å². The molecule has 8 heteroatoms. The molecule has 18 heavy (non-hydrogen) atoms. The monoisotopic (exact) mass is 339 g/mol. The number of sulfonamides is 1. The lowest BCUT2D eigenvalue weighted by molar-refractivity contribution is 0.363. The van der Waals surface area contributed by atoms with Crippen LogP contribution >= 0.6 is 15.9 Å². The van der Waals surface area contributed by atoms with Crippen molar-refractivity contribution in [1.29, 1.82) is 0 Å². The first-order valence-electron chi connectivity index (χ1n) is 5.43. The number of nitrogens with one attached hydrogen (secondary N) is 2. The van der Waals surface area contributed by atoms with E-state index >= 15 is 0 Å². The van der Waals surface area contributed by atoms with Gasteiger partial charge in [0.15, 0.2) is 4.67 Å². The van der Waals surface area contributed by atoms with E-state index in [1.807, 2.05) is 13.8 Å². The van der Waals surface area contributed by atoms with E-state index in [1.165, 1.54) is 11.1 Å². The van der Waals surface area contributed by atoms with Crippen molar-refractivity contribution >= 4 is 26.0 Å². The Kier molecular flexibility index (Phi) is 5.35. The van der Waals surface area contributed by atoms with Crippen molar-refractivity contribution in [2.45, 2.75) is 31.3 Å². The van der Waals surface area contributed by atoms with E-state index in [0.717, 1.165) is 0 Å². The van der Waals surface area contributed by atoms with Gasteiger partial charge in [0.2, 0.25) is 0 Å². The van der Waals surface area contributed by atoms with E-state index in [1.54, 1.807) is 14.1 Å². The summed E-state index contributed by atoms with van der Waals surface area (Å²) in [6, 6.07) is 1.81. The summed E-state index contributed by atoms with van der Waals surface area (Å²) < 4.78 is 29.5. The molecule has 0 saturated carbocycles. The molecule has 0 aliphatic rings. The number of hydrogen-bond acceptors (Lipinski definition) is 5. The molecule has 104 valence electrons. The van der Waals surface area contributed by atoms with Gasteiger partial charge in [0.1, 0.15) is 10.7 Å². The van der Waals surface area contributed by atoms with Crippen LogP contribution < -0.4 is 10.1 Å². The van der Waals surface area contributed by atoms with E-state index in [0.29, 0.717) is 18.3 Å². The lowest BCUT2D eigenvalue weighted by Crippen LogP contribution is -2.36. The van der Waals surface area contributed by atoms with Crippen molar-refractivity contribution < 1.29 is 12.8 Å². The summed E-state index contributed by atoms with van der Waals surface area (Å²) in [5, 5.41) is 4.52. The number of rotatable bonds is 6. The fourth-order valence-corrected chi connectivity index (χ4v) is 3.34. The zero-order valence-electron chi connectivity index (χ0n) is 10.8. The molecule has 1 aromatic rings. The molecule has 0 fully saturated rings. The number of halogens is 1. The number of hydrazine groups is 1. The standard InChI is InChI=1S/C10H18BrN3O3S/c1-7(2)12-6-8-5-9(10(11)17-8)18(15,16)13-14(3)4/h5,7,12-13H,6H2,1-4H3. The molecule has 2 N–H and O–H groups in total. The first kappa shape index (κ1) is 15.6. The normalized spacial score (nSPS) is 12.6. The van der Waals surface area contributed by atoms with Gasteiger partial charge in [-0.1, -0.05) is 13.8 Å². The minimum Gasteiger partial charge on any atom is -0.452 e. The Bertz CT molecular complexity index is 496. The molecule has 1 rings (SSSR count). The van der Waals surface area contributed by atoms with Crippen molar-refractivity contribution in [2.75, 3.05) is 14.1 Å². The van der Waals surface area contributed by atoms with Crippen molar-refractivity contribution in [3.63, 3.8) is 0 Å². The summed E-state index contributed by atoms with van der Waals surface area (Å²) in [5.74, 6) is 0.565. The predicted molar refractivity (Wildman–Crippen MR) is 72.4 cm³/mol. The maximum Gasteiger partial charge on any atom is 0.257 e. The molecule has 0 saturated heterocycles. The molecule has 0 spiro atoms. The second-order valence-corrected chi connectivity index (χ2v) is 6.72. The van der Waals surface area contributed by atoms with Crippen molar-refractivity contribution in [1.82, 2.24) is 15.2 Å². The predicted octanol–water partition coefficient (Wildman–Crippen LogP) is 1.30. The third-order valence-corrected chi connectivity index (χ3v) is 4.32. The van der Waals surface area contributed by atoms with Gasteiger partial charge in [-0.25, -0.2) is 13.4 Å². The lowest BCUT2D eigenvalue weighted by Gasteiger charge is -2.10. The molecule has 1 aromatic heterocycles. The van der Waals surface area contributed by atoms with E-state index in [2.05, 4.69) is 26.1 Å². The van der Waals surface area contributed by atoms with E-state index in [4.69, 9.17) is 4.42 Å². The minimum absolute atomic E-state index is 0.0942. The fourth-order valence-electron chi connectivity index (χ4n) is 1.26. The zero-order valence-corrected chi connectivity index (χ0v) is 13.2. The maximum atomic E-state index is 12.0. The summed E-state index contributed by atoms with van der Waals surface area (Å²) in [6.45, 7) is 4.49. The Hall–Kier alpha value is -0.410. The SMILES string of the molecule is CC(C)NCc1cc(S(=O)(=O)NN(C)C)c(Br)o1. The maximum absolute atomic E-state index is 12.0. The van der Waals surface area contributed by atoms with Gasteiger partial charge in [0, 0.05) is 26.2 Å². The smallest absolute Gasteiger partial charge is 0.257 e. The summed E-state index contributed by atoms with van der Waals surface area (Å²) in [6.07, 6.45) is 0. The molecule has 0 unspecified atom stereocenters. The van der Waals surface area contributed by atoms with E-state index in [-0.39, 0.29) is 9.56 Å². The quantitative estimate of drug-likeness (QED) is 0.764. The van der Waals surface area contributed by atoms with E-state index < -0.39 is 10.0 Å². The molecule has 0 amide bonds. The fraction of sp³-hybridized carbons (Fsp3) is 0.600. The Labute approximate surface area is 116 Å². The second kappa shape index (κ2) is 6.16. The van der Waals surface area contributed by atoms with Crippen LogP contribution in [-0.2, 0) is 16.6 Å². The largest absolute Gasteiger partial charge is 0.452 e. The van der Waals surface area contributed by atoms with E-state index in [9.17, 15) is 8.42 Å². The van der Waals surface area contributed by atoms with Crippen LogP contribution in [0.5, 0.6) is 0 Å². The molecule has 0 aliphatic heterocycles. The number of nitrogens with zero attached hydrogens (tertiary/aromatic N) is 1. The summed E-state index contributed by atoms with van der Waals surface area (Å²) >= 11 is 3.12. The van der Waals surface area contributed by atoms with Crippen LogP contribution in [0.3, 0.4) is 0 Å². The van der Waals surface area contributed by atoms with Gasteiger partial charge in [0.05, 0.1) is 6.54 Å². The highest BCUT2D eigenvalue weighted by Crippen LogP contribution is 2.26. The average Bonchev–Trinajstić information content (AvgIpc) is 2.55. The average molecular weight is 340 g/mol. The van der Waals surface area contributed by atoms with Gasteiger partial charge in [-0.05, 0) is 15.9 Å². The molecule has 0 radical (unpaired) electrons. The van der Waals surface area contributed by atoms with Gasteiger partial charge in [0.25, 0.3) is 10.0 Å². The molecule has 6 nitrogen and oxygen atoms in total. The summed E-state index contributed by atoms with van der Waals surface area (Å²) in [7, 11) is -0.393. The zero-order chi connectivity index (χ0) is 13.9. The van der Waals surface area contributed by atoms with Gasteiger partial charge in [-0.2, -0.15) is 0 Å². The first-order valence-corrected chi connectivity index (χ1v) is 7.71. The van der Waals surface area contributed by atoms with Crippen molar-refractivity contribution in [3.05, 3.63) is 16.5 Å². The van der Waals surface area contributed by atoms with Gasteiger partial charge < -0.3 is 9.73 Å². The Morgan fingerprint density at radius 1 is 1.44 bits per heavy atom. The third-order valence-electron chi connectivity index (χ3n) is 1.98. The Balaban J connectivity index is 2.91. The lowest BCUT2D eigenvalue weighted by atomic mass is 10.3. The third kappa shape index (κ3) is 4.36. The van der Waals surface area contributed by atoms with Gasteiger partial charge >= 0.3 is 0 Å². The minimum atomic E-state index is -3.60. The van der Waals surface area contributed by atoms with Crippen LogP contribution in [0.2, 0.25) is 0 Å². The molecule has 0 atom stereocenters. The highest BCUT2D eigenvalue weighted by atomic mass is 79.9. The van der Waals surface area contributed by atoms with Crippen LogP contribution in [0.15, 0.2) is 20.0 Å². The highest BCUT2D eigenvalue weighted by Gasteiger charge is 2.22. The topological polar surface area (TPSA) is 74.6 Å². The molecular weight excluding hydrogens is 322 g/mol. The Morgan fingerprint density at radius 2 is 2.06 bits per heavy atom. The van der Waals surface area contributed by atoms with Crippen LogP contribution in [0.1, 0.15) is 19.6 Å². The van der Waals surface area contributed by atoms with Crippen molar-refractivity contribution in [3.8, 4) is 0 Å². The van der Waals surface area contributed by atoms with Gasteiger partial charge in [-0.15, -0.1) is 4.83 Å². The molecule has 0 aromatic carbocycles. The van der Waals surface area contributed by atoms with Crippen molar-refractivity contribution in [2.24, 2.45) is 0 Å². The van der Waals surface area contributed by atoms with Crippen LogP contribution in [0.4, 0.5) is 0 Å². The molecule has 0 bridgehead atoms. The number of furan rings is 1. The molecule has 0 aliphatic carbocycles. The summed E-state index contributed by atoms with van der Waals surface area (Å²) in [5.41, 5.74) is 0. The van der Waals surface area contributed by atoms with Crippen LogP contribution in [-0.4, -0.2) is 33.6 Å². The number of hydrogen-bond donors (Lipinski definition) is 2.